The summed E-state index contributed by atoms with van der Waals surface area (Å²) >= 11 is 2.22. The van der Waals surface area contributed by atoms with Crippen molar-refractivity contribution in [2.75, 3.05) is 10.2 Å². The first-order valence-corrected chi connectivity index (χ1v) is 7.67. The first-order valence-electron chi connectivity index (χ1n) is 6.59. The molecule has 1 fully saturated rings. The van der Waals surface area contributed by atoms with Gasteiger partial charge >= 0.3 is 0 Å². The van der Waals surface area contributed by atoms with Crippen LogP contribution < -0.4 is 10.2 Å². The van der Waals surface area contributed by atoms with Crippen LogP contribution in [0.4, 0.5) is 11.4 Å². The maximum absolute atomic E-state index is 12.4. The van der Waals surface area contributed by atoms with E-state index in [1.54, 1.807) is 12.1 Å². The van der Waals surface area contributed by atoms with Crippen LogP contribution in [-0.2, 0) is 9.59 Å². The zero-order valence-electron chi connectivity index (χ0n) is 11.1. The van der Waals surface area contributed by atoms with Gasteiger partial charge in [0, 0.05) is 9.26 Å². The molecule has 1 atom stereocenters. The van der Waals surface area contributed by atoms with Crippen molar-refractivity contribution in [1.29, 1.82) is 0 Å². The second-order valence-electron chi connectivity index (χ2n) is 4.81. The van der Waals surface area contributed by atoms with Crippen molar-refractivity contribution >= 4 is 45.8 Å². The minimum Gasteiger partial charge on any atom is -0.373 e. The van der Waals surface area contributed by atoms with Crippen molar-refractivity contribution in [1.82, 2.24) is 0 Å². The Hall–Kier alpha value is -1.89. The highest BCUT2D eigenvalue weighted by atomic mass is 127. The molecule has 21 heavy (non-hydrogen) atoms. The minimum absolute atomic E-state index is 0.172. The zero-order chi connectivity index (χ0) is 14.8. The topological polar surface area (TPSA) is 49.4 Å². The molecule has 5 heteroatoms. The molecule has 0 bridgehead atoms. The number of amides is 2. The van der Waals surface area contributed by atoms with Crippen LogP contribution in [0.25, 0.3) is 0 Å². The number of rotatable bonds is 3. The van der Waals surface area contributed by atoms with Gasteiger partial charge in [0.15, 0.2) is 0 Å². The number of para-hydroxylation sites is 1. The summed E-state index contributed by atoms with van der Waals surface area (Å²) in [4.78, 5) is 25.8. The molecule has 0 radical (unpaired) electrons. The van der Waals surface area contributed by atoms with E-state index in [0.29, 0.717) is 5.69 Å². The number of carbonyl (C=O) groups excluding carboxylic acids is 2. The number of nitrogens with one attached hydrogen (secondary N) is 1. The SMILES string of the molecule is O=C1C[C@H](Nc2ccc(I)cc2)C(=O)N1c1ccccc1. The Balaban J connectivity index is 1.79. The largest absolute Gasteiger partial charge is 0.373 e. The molecular weight excluding hydrogens is 379 g/mol. The molecule has 3 rings (SSSR count). The summed E-state index contributed by atoms with van der Waals surface area (Å²) in [6.45, 7) is 0. The fraction of sp³-hybridized carbons (Fsp3) is 0.125. The quantitative estimate of drug-likeness (QED) is 0.646. The number of carbonyl (C=O) groups is 2. The van der Waals surface area contributed by atoms with Crippen LogP contribution in [-0.4, -0.2) is 17.9 Å². The number of halogens is 1. The van der Waals surface area contributed by atoms with Crippen LogP contribution in [0.15, 0.2) is 54.6 Å². The van der Waals surface area contributed by atoms with Gasteiger partial charge < -0.3 is 5.32 Å². The molecule has 0 spiro atoms. The van der Waals surface area contributed by atoms with Gasteiger partial charge in [-0.1, -0.05) is 18.2 Å². The van der Waals surface area contributed by atoms with Crippen LogP contribution in [0.5, 0.6) is 0 Å². The number of hydrogen-bond donors (Lipinski definition) is 1. The van der Waals surface area contributed by atoms with Gasteiger partial charge in [-0.3, -0.25) is 9.59 Å². The van der Waals surface area contributed by atoms with Gasteiger partial charge in [-0.2, -0.15) is 0 Å². The van der Waals surface area contributed by atoms with Gasteiger partial charge in [-0.25, -0.2) is 4.90 Å². The Kier molecular flexibility index (Phi) is 3.92. The highest BCUT2D eigenvalue weighted by molar-refractivity contribution is 14.1. The molecular formula is C16H13IN2O2. The third kappa shape index (κ3) is 2.92. The van der Waals surface area contributed by atoms with Gasteiger partial charge in [0.25, 0.3) is 5.91 Å². The summed E-state index contributed by atoms with van der Waals surface area (Å²) in [5, 5.41) is 3.13. The zero-order valence-corrected chi connectivity index (χ0v) is 13.3. The lowest BCUT2D eigenvalue weighted by atomic mass is 10.2. The van der Waals surface area contributed by atoms with Crippen LogP contribution in [0.2, 0.25) is 0 Å². The molecule has 1 N–H and O–H groups in total. The van der Waals surface area contributed by atoms with Gasteiger partial charge in [0.05, 0.1) is 12.1 Å². The van der Waals surface area contributed by atoms with E-state index in [4.69, 9.17) is 0 Å². The molecule has 1 saturated heterocycles. The molecule has 4 nitrogen and oxygen atoms in total. The second kappa shape index (κ2) is 5.85. The first kappa shape index (κ1) is 14.1. The summed E-state index contributed by atoms with van der Waals surface area (Å²) in [5.74, 6) is -0.376. The Morgan fingerprint density at radius 1 is 1.00 bits per heavy atom. The normalized spacial score (nSPS) is 18.1. The number of nitrogens with zero attached hydrogens (tertiary/aromatic N) is 1. The molecule has 1 heterocycles. The predicted octanol–water partition coefficient (Wildman–Crippen LogP) is 3.04. The van der Waals surface area contributed by atoms with E-state index >= 15 is 0 Å². The summed E-state index contributed by atoms with van der Waals surface area (Å²) in [5.41, 5.74) is 1.47. The maximum atomic E-state index is 12.4. The fourth-order valence-corrected chi connectivity index (χ4v) is 2.70. The predicted molar refractivity (Wildman–Crippen MR) is 90.1 cm³/mol. The van der Waals surface area contributed by atoms with E-state index in [0.717, 1.165) is 9.26 Å². The molecule has 0 saturated carbocycles. The van der Waals surface area contributed by atoms with Crippen molar-refractivity contribution in [3.63, 3.8) is 0 Å². The Morgan fingerprint density at radius 2 is 1.67 bits per heavy atom. The summed E-state index contributed by atoms with van der Waals surface area (Å²) in [6, 6.07) is 16.2. The van der Waals surface area contributed by atoms with Gasteiger partial charge in [-0.05, 0) is 59.0 Å². The molecule has 0 aliphatic carbocycles. The van der Waals surface area contributed by atoms with E-state index in [1.165, 1.54) is 4.90 Å². The lowest BCUT2D eigenvalue weighted by Gasteiger charge is -2.16. The minimum atomic E-state index is -0.502. The molecule has 0 aromatic heterocycles. The van der Waals surface area contributed by atoms with Crippen molar-refractivity contribution < 1.29 is 9.59 Å². The molecule has 2 aromatic carbocycles. The van der Waals surface area contributed by atoms with Gasteiger partial charge in [-0.15, -0.1) is 0 Å². The number of benzene rings is 2. The van der Waals surface area contributed by atoms with Crippen LogP contribution in [0, 0.1) is 3.57 Å². The van der Waals surface area contributed by atoms with Crippen molar-refractivity contribution in [3.8, 4) is 0 Å². The van der Waals surface area contributed by atoms with Crippen LogP contribution in [0.3, 0.4) is 0 Å². The van der Waals surface area contributed by atoms with E-state index in [-0.39, 0.29) is 18.2 Å². The first-order chi connectivity index (χ1) is 10.1. The molecule has 0 unspecified atom stereocenters. The highest BCUT2D eigenvalue weighted by Gasteiger charge is 2.39. The highest BCUT2D eigenvalue weighted by Crippen LogP contribution is 2.24. The van der Waals surface area contributed by atoms with Crippen molar-refractivity contribution in [2.45, 2.75) is 12.5 Å². The smallest absolute Gasteiger partial charge is 0.256 e. The third-order valence-corrected chi connectivity index (χ3v) is 4.07. The molecule has 2 amide bonds. The Morgan fingerprint density at radius 3 is 2.33 bits per heavy atom. The summed E-state index contributed by atoms with van der Waals surface area (Å²) in [7, 11) is 0. The molecule has 1 aliphatic heterocycles. The van der Waals surface area contributed by atoms with Crippen LogP contribution in [0.1, 0.15) is 6.42 Å². The third-order valence-electron chi connectivity index (χ3n) is 3.35. The van der Waals surface area contributed by atoms with E-state index in [1.807, 2.05) is 42.5 Å². The molecule has 106 valence electrons. The second-order valence-corrected chi connectivity index (χ2v) is 6.06. The average molecular weight is 392 g/mol. The van der Waals surface area contributed by atoms with E-state index < -0.39 is 6.04 Å². The van der Waals surface area contributed by atoms with Gasteiger partial charge in [0.2, 0.25) is 5.91 Å². The Bertz CT molecular complexity index is 670. The van der Waals surface area contributed by atoms with Gasteiger partial charge in [0.1, 0.15) is 6.04 Å². The van der Waals surface area contributed by atoms with E-state index in [2.05, 4.69) is 27.9 Å². The van der Waals surface area contributed by atoms with E-state index in [9.17, 15) is 9.59 Å². The summed E-state index contributed by atoms with van der Waals surface area (Å²) in [6.07, 6.45) is 0.180. The number of imide groups is 1. The number of hydrogen-bond acceptors (Lipinski definition) is 3. The number of anilines is 2. The Labute approximate surface area is 136 Å². The lowest BCUT2D eigenvalue weighted by molar-refractivity contribution is -0.121. The lowest BCUT2D eigenvalue weighted by Crippen LogP contribution is -2.34. The average Bonchev–Trinajstić information content (AvgIpc) is 2.77. The van der Waals surface area contributed by atoms with Crippen molar-refractivity contribution in [2.24, 2.45) is 0 Å². The molecule has 2 aromatic rings. The standard InChI is InChI=1S/C16H13IN2O2/c17-11-6-8-12(9-7-11)18-14-10-15(20)19(16(14)21)13-4-2-1-3-5-13/h1-9,14,18H,10H2/t14-/m0/s1. The van der Waals surface area contributed by atoms with Crippen LogP contribution >= 0.6 is 22.6 Å². The fourth-order valence-electron chi connectivity index (χ4n) is 2.34. The maximum Gasteiger partial charge on any atom is 0.256 e. The molecule has 1 aliphatic rings. The summed E-state index contributed by atoms with van der Waals surface area (Å²) < 4.78 is 1.12. The monoisotopic (exact) mass is 392 g/mol. The van der Waals surface area contributed by atoms with Crippen molar-refractivity contribution in [3.05, 3.63) is 58.2 Å².